The van der Waals surface area contributed by atoms with Gasteiger partial charge in [-0.1, -0.05) is 24.3 Å². The van der Waals surface area contributed by atoms with Gasteiger partial charge in [-0.25, -0.2) is 0 Å². The number of primary amides is 1. The molecule has 0 radical (unpaired) electrons. The van der Waals surface area contributed by atoms with E-state index >= 15 is 0 Å². The molecule has 4 nitrogen and oxygen atoms in total. The molecule has 0 saturated heterocycles. The molecular formula is C15H14N2O2. The minimum absolute atomic E-state index is 0.0733. The summed E-state index contributed by atoms with van der Waals surface area (Å²) < 4.78 is 1.63. The average Bonchev–Trinajstić information content (AvgIpc) is 2.82. The predicted molar refractivity (Wildman–Crippen MR) is 72.1 cm³/mol. The van der Waals surface area contributed by atoms with Crippen molar-refractivity contribution in [2.75, 3.05) is 0 Å². The van der Waals surface area contributed by atoms with Crippen LogP contribution < -0.4 is 11.3 Å². The zero-order chi connectivity index (χ0) is 13.4. The lowest BCUT2D eigenvalue weighted by atomic mass is 10.1. The second kappa shape index (κ2) is 4.39. The quantitative estimate of drug-likeness (QED) is 0.877. The van der Waals surface area contributed by atoms with E-state index in [1.807, 2.05) is 12.1 Å². The first-order valence-corrected chi connectivity index (χ1v) is 6.24. The summed E-state index contributed by atoms with van der Waals surface area (Å²) >= 11 is 0. The van der Waals surface area contributed by atoms with Crippen LogP contribution in [-0.2, 0) is 12.8 Å². The maximum atomic E-state index is 11.9. The zero-order valence-electron chi connectivity index (χ0n) is 10.4. The van der Waals surface area contributed by atoms with E-state index in [1.165, 1.54) is 23.3 Å². The van der Waals surface area contributed by atoms with Gasteiger partial charge in [-0.15, -0.1) is 0 Å². The fourth-order valence-corrected chi connectivity index (χ4v) is 2.67. The molecule has 1 aromatic carbocycles. The summed E-state index contributed by atoms with van der Waals surface area (Å²) in [5.74, 6) is -0.510. The number of aromatic nitrogens is 1. The van der Waals surface area contributed by atoms with Crippen LogP contribution in [0.15, 0.2) is 47.4 Å². The lowest BCUT2D eigenvalue weighted by Crippen LogP contribution is -2.26. The van der Waals surface area contributed by atoms with Gasteiger partial charge < -0.3 is 10.3 Å². The highest BCUT2D eigenvalue weighted by Crippen LogP contribution is 2.29. The number of fused-ring (bicyclic) bond motifs is 1. The normalized spacial score (nSPS) is 14.3. The van der Waals surface area contributed by atoms with E-state index in [4.69, 9.17) is 5.73 Å². The highest BCUT2D eigenvalue weighted by atomic mass is 16.1. The van der Waals surface area contributed by atoms with Gasteiger partial charge in [0.1, 0.15) is 0 Å². The molecule has 2 N–H and O–H groups in total. The molecule has 19 heavy (non-hydrogen) atoms. The van der Waals surface area contributed by atoms with Crippen molar-refractivity contribution in [1.29, 1.82) is 0 Å². The van der Waals surface area contributed by atoms with Crippen molar-refractivity contribution >= 4 is 5.91 Å². The topological polar surface area (TPSA) is 65.1 Å². The van der Waals surface area contributed by atoms with E-state index in [0.29, 0.717) is 5.56 Å². The molecule has 0 aliphatic heterocycles. The molecule has 2 aromatic rings. The number of rotatable bonds is 2. The number of benzene rings is 1. The van der Waals surface area contributed by atoms with Crippen molar-refractivity contribution in [2.24, 2.45) is 5.73 Å². The highest BCUT2D eigenvalue weighted by Gasteiger charge is 2.23. The molecule has 0 unspecified atom stereocenters. The average molecular weight is 254 g/mol. The lowest BCUT2D eigenvalue weighted by molar-refractivity contribution is 0.0999. The second-order valence-electron chi connectivity index (χ2n) is 4.86. The van der Waals surface area contributed by atoms with E-state index in [2.05, 4.69) is 12.1 Å². The fourth-order valence-electron chi connectivity index (χ4n) is 2.67. The van der Waals surface area contributed by atoms with Crippen molar-refractivity contribution in [2.45, 2.75) is 18.9 Å². The number of pyridine rings is 1. The molecule has 0 spiro atoms. The molecule has 96 valence electrons. The smallest absolute Gasteiger partial charge is 0.250 e. The molecular weight excluding hydrogens is 240 g/mol. The largest absolute Gasteiger partial charge is 0.366 e. The minimum Gasteiger partial charge on any atom is -0.366 e. The molecule has 4 heteroatoms. The van der Waals surface area contributed by atoms with Crippen LogP contribution in [0.25, 0.3) is 0 Å². The standard InChI is InChI=1S/C15H14N2O2/c16-15(19)12-5-6-14(18)17(9-12)13-7-10-3-1-2-4-11(10)8-13/h1-6,9,13H,7-8H2,(H2,16,19). The van der Waals surface area contributed by atoms with Crippen LogP contribution in [0.5, 0.6) is 0 Å². The molecule has 1 aromatic heterocycles. The van der Waals surface area contributed by atoms with E-state index in [1.54, 1.807) is 10.8 Å². The fraction of sp³-hybridized carbons (Fsp3) is 0.200. The summed E-state index contributed by atoms with van der Waals surface area (Å²) in [6, 6.07) is 11.1. The minimum atomic E-state index is -0.510. The first kappa shape index (κ1) is 11.7. The first-order valence-electron chi connectivity index (χ1n) is 6.24. The molecule has 1 aliphatic rings. The van der Waals surface area contributed by atoms with Gasteiger partial charge in [-0.3, -0.25) is 9.59 Å². The summed E-state index contributed by atoms with van der Waals surface area (Å²) in [7, 11) is 0. The van der Waals surface area contributed by atoms with Crippen molar-refractivity contribution in [3.8, 4) is 0 Å². The molecule has 0 bridgehead atoms. The third-order valence-corrected chi connectivity index (χ3v) is 3.65. The number of nitrogens with zero attached hydrogens (tertiary/aromatic N) is 1. The summed E-state index contributed by atoms with van der Waals surface area (Å²) in [6.07, 6.45) is 3.21. The Bertz CT molecular complexity index is 678. The van der Waals surface area contributed by atoms with Crippen molar-refractivity contribution in [3.05, 3.63) is 69.6 Å². The number of amides is 1. The molecule has 1 amide bonds. The number of carbonyl (C=O) groups is 1. The van der Waals surface area contributed by atoms with Crippen LogP contribution >= 0.6 is 0 Å². The Morgan fingerprint density at radius 2 is 1.74 bits per heavy atom. The van der Waals surface area contributed by atoms with Gasteiger partial charge in [0, 0.05) is 18.3 Å². The van der Waals surface area contributed by atoms with E-state index in [0.717, 1.165) is 12.8 Å². The summed E-state index contributed by atoms with van der Waals surface area (Å²) in [5, 5.41) is 0. The van der Waals surface area contributed by atoms with Crippen molar-refractivity contribution in [1.82, 2.24) is 4.57 Å². The van der Waals surface area contributed by atoms with Gasteiger partial charge in [0.25, 0.3) is 5.56 Å². The number of carbonyl (C=O) groups excluding carboxylic acids is 1. The molecule has 0 fully saturated rings. The SMILES string of the molecule is NC(=O)c1ccc(=O)n(C2Cc3ccccc3C2)c1. The van der Waals surface area contributed by atoms with Crippen molar-refractivity contribution < 1.29 is 4.79 Å². The molecule has 1 heterocycles. The first-order chi connectivity index (χ1) is 9.15. The van der Waals surface area contributed by atoms with Gasteiger partial charge in [0.2, 0.25) is 5.91 Å². The molecule has 1 aliphatic carbocycles. The van der Waals surface area contributed by atoms with Gasteiger partial charge in [0.05, 0.1) is 5.56 Å². The van der Waals surface area contributed by atoms with Crippen LogP contribution in [-0.4, -0.2) is 10.5 Å². The molecule has 3 rings (SSSR count). The summed E-state index contributed by atoms with van der Waals surface area (Å²) in [6.45, 7) is 0. The van der Waals surface area contributed by atoms with Crippen LogP contribution in [0.4, 0.5) is 0 Å². The maximum Gasteiger partial charge on any atom is 0.250 e. The third kappa shape index (κ3) is 2.05. The van der Waals surface area contributed by atoms with Crippen LogP contribution in [0.3, 0.4) is 0 Å². The Kier molecular flexibility index (Phi) is 2.71. The van der Waals surface area contributed by atoms with E-state index in [-0.39, 0.29) is 11.6 Å². The van der Waals surface area contributed by atoms with Gasteiger partial charge in [0.15, 0.2) is 0 Å². The van der Waals surface area contributed by atoms with E-state index < -0.39 is 5.91 Å². The zero-order valence-corrected chi connectivity index (χ0v) is 10.4. The third-order valence-electron chi connectivity index (χ3n) is 3.65. The second-order valence-corrected chi connectivity index (χ2v) is 4.86. The predicted octanol–water partition coefficient (Wildman–Crippen LogP) is 1.29. The Balaban J connectivity index is 1.99. The monoisotopic (exact) mass is 254 g/mol. The van der Waals surface area contributed by atoms with Crippen LogP contribution in [0.1, 0.15) is 27.5 Å². The number of hydrogen-bond donors (Lipinski definition) is 1. The van der Waals surface area contributed by atoms with E-state index in [9.17, 15) is 9.59 Å². The number of hydrogen-bond acceptors (Lipinski definition) is 2. The maximum absolute atomic E-state index is 11.9. The number of nitrogens with two attached hydrogens (primary N) is 1. The Morgan fingerprint density at radius 1 is 1.11 bits per heavy atom. The Hall–Kier alpha value is -2.36. The van der Waals surface area contributed by atoms with Crippen LogP contribution in [0.2, 0.25) is 0 Å². The molecule has 0 saturated carbocycles. The summed E-state index contributed by atoms with van der Waals surface area (Å²) in [5.41, 5.74) is 8.07. The Labute approximate surface area is 110 Å². The van der Waals surface area contributed by atoms with Gasteiger partial charge in [-0.2, -0.15) is 0 Å². The lowest BCUT2D eigenvalue weighted by Gasteiger charge is -2.14. The summed E-state index contributed by atoms with van der Waals surface area (Å²) in [4.78, 5) is 23.1. The van der Waals surface area contributed by atoms with Crippen molar-refractivity contribution in [3.63, 3.8) is 0 Å². The van der Waals surface area contributed by atoms with Gasteiger partial charge >= 0.3 is 0 Å². The van der Waals surface area contributed by atoms with Crippen LogP contribution in [0, 0.1) is 0 Å². The van der Waals surface area contributed by atoms with Gasteiger partial charge in [-0.05, 0) is 30.0 Å². The Morgan fingerprint density at radius 3 is 2.32 bits per heavy atom. The molecule has 0 atom stereocenters. The highest BCUT2D eigenvalue weighted by molar-refractivity contribution is 5.92.